The molecular weight excluding hydrogens is 252 g/mol. The fourth-order valence-electron chi connectivity index (χ4n) is 1.99. The van der Waals surface area contributed by atoms with Gasteiger partial charge >= 0.3 is 0 Å². The lowest BCUT2D eigenvalue weighted by Crippen LogP contribution is -2.35. The van der Waals surface area contributed by atoms with Crippen molar-refractivity contribution in [3.05, 3.63) is 49.1 Å². The summed E-state index contributed by atoms with van der Waals surface area (Å²) < 4.78 is 14.4. The van der Waals surface area contributed by atoms with E-state index in [9.17, 15) is 0 Å². The Hall–Kier alpha value is -1.78. The number of ether oxygens (including phenoxy) is 2. The molecule has 0 radical (unpaired) electrons. The van der Waals surface area contributed by atoms with E-state index in [0.717, 1.165) is 26.3 Å². The predicted molar refractivity (Wildman–Crippen MR) is 76.0 cm³/mol. The quantitative estimate of drug-likeness (QED) is 0.710. The van der Waals surface area contributed by atoms with Gasteiger partial charge in [-0.05, 0) is 11.1 Å². The zero-order valence-corrected chi connectivity index (χ0v) is 12.2. The molecule has 2 aromatic heterocycles. The molecule has 2 heterocycles. The van der Waals surface area contributed by atoms with E-state index in [4.69, 9.17) is 9.47 Å². The summed E-state index contributed by atoms with van der Waals surface area (Å²) in [5.41, 5.74) is 2.44. The highest BCUT2D eigenvalue weighted by Crippen LogP contribution is 2.15. The second kappa shape index (κ2) is 7.72. The summed E-state index contributed by atoms with van der Waals surface area (Å²) in [4.78, 5) is 0. The first kappa shape index (κ1) is 14.6. The van der Waals surface area contributed by atoms with Crippen LogP contribution in [0, 0.1) is 0 Å². The number of rotatable bonds is 7. The van der Waals surface area contributed by atoms with Gasteiger partial charge in [-0.2, -0.15) is 0 Å². The van der Waals surface area contributed by atoms with Crippen molar-refractivity contribution in [2.24, 2.45) is 0 Å². The van der Waals surface area contributed by atoms with Crippen LogP contribution >= 0.6 is 0 Å². The van der Waals surface area contributed by atoms with Gasteiger partial charge in [0, 0.05) is 38.5 Å². The van der Waals surface area contributed by atoms with Crippen LogP contribution in [-0.4, -0.2) is 27.4 Å². The number of aromatic nitrogens is 2. The maximum absolute atomic E-state index is 5.07. The third kappa shape index (κ3) is 4.11. The fraction of sp³-hybridized carbons (Fsp3) is 0.375. The molecule has 0 aliphatic carbocycles. The lowest BCUT2D eigenvalue weighted by Gasteiger charge is -2.01. The molecule has 2 rings (SSSR count). The Bertz CT molecular complexity index is 460. The van der Waals surface area contributed by atoms with E-state index in [1.807, 2.05) is 0 Å². The van der Waals surface area contributed by atoms with Crippen molar-refractivity contribution in [1.29, 1.82) is 0 Å². The number of pyridine rings is 2. The Morgan fingerprint density at radius 1 is 0.700 bits per heavy atom. The minimum atomic E-state index is 0.731. The molecule has 0 bridgehead atoms. The van der Waals surface area contributed by atoms with Crippen LogP contribution in [0.5, 0.6) is 0 Å². The average molecular weight is 274 g/mol. The summed E-state index contributed by atoms with van der Waals surface area (Å²) in [6, 6.07) is 8.52. The summed E-state index contributed by atoms with van der Waals surface area (Å²) in [6.07, 6.45) is 8.33. The van der Waals surface area contributed by atoms with Gasteiger partial charge in [-0.1, -0.05) is 0 Å². The first-order chi connectivity index (χ1) is 9.83. The lowest BCUT2D eigenvalue weighted by molar-refractivity contribution is -0.698. The van der Waals surface area contributed by atoms with Crippen LogP contribution in [0.2, 0.25) is 0 Å². The van der Waals surface area contributed by atoms with Crippen LogP contribution < -0.4 is 9.13 Å². The van der Waals surface area contributed by atoms with Crippen molar-refractivity contribution in [1.82, 2.24) is 0 Å². The Labute approximate surface area is 120 Å². The molecule has 4 nitrogen and oxygen atoms in total. The number of nitrogens with zero attached hydrogens (tertiary/aromatic N) is 2. The highest BCUT2D eigenvalue weighted by atomic mass is 16.5. The van der Waals surface area contributed by atoms with Gasteiger partial charge in [-0.15, -0.1) is 0 Å². The molecule has 0 saturated heterocycles. The summed E-state index contributed by atoms with van der Waals surface area (Å²) >= 11 is 0. The third-order valence-electron chi connectivity index (χ3n) is 3.22. The van der Waals surface area contributed by atoms with Crippen LogP contribution in [0.15, 0.2) is 49.1 Å². The fourth-order valence-corrected chi connectivity index (χ4v) is 1.99. The van der Waals surface area contributed by atoms with Gasteiger partial charge in [0.15, 0.2) is 37.9 Å². The standard InChI is InChI=1S/C16H22N2O2/c1-19-13-11-17-7-3-15(4-8-17)16-5-9-18(10-6-16)12-14-20-2/h3-10H,11-14H2,1-2H3/q+2. The molecule has 0 unspecified atom stereocenters. The van der Waals surface area contributed by atoms with Gasteiger partial charge in [0.2, 0.25) is 0 Å². The van der Waals surface area contributed by atoms with E-state index in [2.05, 4.69) is 58.2 Å². The monoisotopic (exact) mass is 274 g/mol. The predicted octanol–water partition coefficient (Wildman–Crippen LogP) is 1.22. The maximum Gasteiger partial charge on any atom is 0.171 e. The topological polar surface area (TPSA) is 26.2 Å². The molecule has 0 aromatic carbocycles. The molecule has 20 heavy (non-hydrogen) atoms. The largest absolute Gasteiger partial charge is 0.378 e. The van der Waals surface area contributed by atoms with Crippen LogP contribution in [0.3, 0.4) is 0 Å². The van der Waals surface area contributed by atoms with Crippen molar-refractivity contribution in [3.63, 3.8) is 0 Å². The van der Waals surface area contributed by atoms with Crippen LogP contribution in [0.25, 0.3) is 11.1 Å². The highest BCUT2D eigenvalue weighted by molar-refractivity contribution is 5.60. The summed E-state index contributed by atoms with van der Waals surface area (Å²) in [7, 11) is 3.44. The van der Waals surface area contributed by atoms with E-state index in [-0.39, 0.29) is 0 Å². The number of methoxy groups -OCH3 is 2. The molecule has 0 saturated carbocycles. The average Bonchev–Trinajstić information content (AvgIpc) is 2.52. The van der Waals surface area contributed by atoms with Crippen LogP contribution in [0.4, 0.5) is 0 Å². The molecule has 2 aromatic rings. The van der Waals surface area contributed by atoms with E-state index in [1.165, 1.54) is 11.1 Å². The SMILES string of the molecule is COCC[n+]1ccc(-c2cc[n+](CCOC)cc2)cc1. The first-order valence-corrected chi connectivity index (χ1v) is 6.80. The van der Waals surface area contributed by atoms with Gasteiger partial charge in [0.25, 0.3) is 0 Å². The lowest BCUT2D eigenvalue weighted by atomic mass is 10.1. The summed E-state index contributed by atoms with van der Waals surface area (Å²) in [6.45, 7) is 3.22. The maximum atomic E-state index is 5.07. The Kier molecular flexibility index (Phi) is 5.65. The summed E-state index contributed by atoms with van der Waals surface area (Å²) in [5, 5.41) is 0. The van der Waals surface area contributed by atoms with Gasteiger partial charge < -0.3 is 9.47 Å². The van der Waals surface area contributed by atoms with E-state index >= 15 is 0 Å². The molecule has 0 atom stereocenters. The molecule has 0 fully saturated rings. The molecule has 0 amide bonds. The van der Waals surface area contributed by atoms with Crippen LogP contribution in [0.1, 0.15) is 0 Å². The second-order valence-corrected chi connectivity index (χ2v) is 4.63. The minimum absolute atomic E-state index is 0.731. The molecule has 0 aliphatic rings. The van der Waals surface area contributed by atoms with Gasteiger partial charge in [-0.3, -0.25) is 0 Å². The van der Waals surface area contributed by atoms with Crippen molar-refractivity contribution >= 4 is 0 Å². The normalized spacial score (nSPS) is 10.7. The summed E-state index contributed by atoms with van der Waals surface area (Å²) in [5.74, 6) is 0. The van der Waals surface area contributed by atoms with E-state index in [1.54, 1.807) is 14.2 Å². The zero-order valence-electron chi connectivity index (χ0n) is 12.2. The van der Waals surface area contributed by atoms with Gasteiger partial charge in [-0.25, -0.2) is 9.13 Å². The third-order valence-corrected chi connectivity index (χ3v) is 3.22. The zero-order chi connectivity index (χ0) is 14.2. The Morgan fingerprint density at radius 3 is 1.35 bits per heavy atom. The van der Waals surface area contributed by atoms with Crippen molar-refractivity contribution < 1.29 is 18.6 Å². The minimum Gasteiger partial charge on any atom is -0.378 e. The molecule has 0 spiro atoms. The highest BCUT2D eigenvalue weighted by Gasteiger charge is 2.05. The molecular formula is C16H22N2O2+2. The van der Waals surface area contributed by atoms with Crippen LogP contribution in [-0.2, 0) is 22.6 Å². The molecule has 106 valence electrons. The Balaban J connectivity index is 2.03. The second-order valence-electron chi connectivity index (χ2n) is 4.63. The van der Waals surface area contributed by atoms with Gasteiger partial charge in [0.05, 0.1) is 0 Å². The molecule has 4 heteroatoms. The van der Waals surface area contributed by atoms with Crippen molar-refractivity contribution in [2.75, 3.05) is 27.4 Å². The number of hydrogen-bond donors (Lipinski definition) is 0. The Morgan fingerprint density at radius 2 is 1.05 bits per heavy atom. The van der Waals surface area contributed by atoms with Crippen molar-refractivity contribution in [2.45, 2.75) is 13.1 Å². The molecule has 0 aliphatic heterocycles. The van der Waals surface area contributed by atoms with Gasteiger partial charge in [0.1, 0.15) is 13.2 Å². The van der Waals surface area contributed by atoms with Crippen molar-refractivity contribution in [3.8, 4) is 11.1 Å². The molecule has 0 N–H and O–H groups in total. The smallest absolute Gasteiger partial charge is 0.171 e. The number of hydrogen-bond acceptors (Lipinski definition) is 2. The van der Waals surface area contributed by atoms with E-state index in [0.29, 0.717) is 0 Å². The van der Waals surface area contributed by atoms with E-state index < -0.39 is 0 Å². The first-order valence-electron chi connectivity index (χ1n) is 6.80.